The van der Waals surface area contributed by atoms with E-state index in [9.17, 15) is 23.6 Å². The van der Waals surface area contributed by atoms with Gasteiger partial charge in [-0.2, -0.15) is 0 Å². The number of fused-ring (bicyclic) bond motifs is 1. The number of carbonyl (C=O) groups is 2. The molecular weight excluding hydrogens is 747 g/mol. The van der Waals surface area contributed by atoms with Gasteiger partial charge >= 0.3 is 17.6 Å². The van der Waals surface area contributed by atoms with Gasteiger partial charge in [-0.25, -0.2) is 18.8 Å². The topological polar surface area (TPSA) is 139 Å². The van der Waals surface area contributed by atoms with Gasteiger partial charge in [0.1, 0.15) is 5.82 Å². The van der Waals surface area contributed by atoms with Crippen LogP contribution in [-0.2, 0) is 18.2 Å². The fourth-order valence-electron chi connectivity index (χ4n) is 3.57. The predicted molar refractivity (Wildman–Crippen MR) is 169 cm³/mol. The number of benzene rings is 3. The summed E-state index contributed by atoms with van der Waals surface area (Å²) in [6.07, 6.45) is 3.29. The molecule has 0 radical (unpaired) electrons. The summed E-state index contributed by atoms with van der Waals surface area (Å²) < 4.78 is 21.3. The summed E-state index contributed by atoms with van der Waals surface area (Å²) in [4.78, 5) is 45.8. The Labute approximate surface area is 265 Å². The van der Waals surface area contributed by atoms with Crippen LogP contribution in [0.2, 0.25) is 0 Å². The van der Waals surface area contributed by atoms with E-state index in [0.29, 0.717) is 20.9 Å². The first kappa shape index (κ1) is 35.1. The minimum Gasteiger partial charge on any atom is -0.478 e. The molecule has 1 aliphatic rings. The summed E-state index contributed by atoms with van der Waals surface area (Å²) in [5.74, 6) is -2.85. The van der Waals surface area contributed by atoms with Crippen LogP contribution in [0.5, 0.6) is 0 Å². The van der Waals surface area contributed by atoms with Gasteiger partial charge in [-0.1, -0.05) is 54.7 Å². The van der Waals surface area contributed by atoms with E-state index in [2.05, 4.69) is 52.8 Å². The Kier molecular flexibility index (Phi) is 14.3. The van der Waals surface area contributed by atoms with Crippen LogP contribution in [0.4, 0.5) is 4.39 Å². The Bertz CT molecular complexity index is 1660. The molecule has 1 fully saturated rings. The number of aromatic nitrogens is 2. The molecule has 0 amide bonds. The van der Waals surface area contributed by atoms with Gasteiger partial charge in [0.15, 0.2) is 0 Å². The van der Waals surface area contributed by atoms with Crippen LogP contribution in [0.15, 0.2) is 77.6 Å². The number of aryl methyl sites for hydroxylation is 2. The van der Waals surface area contributed by atoms with Crippen LogP contribution >= 0.6 is 47.8 Å². The third-order valence-corrected chi connectivity index (χ3v) is 7.24. The molecule has 0 bridgehead atoms. The Balaban J connectivity index is 0.000000204. The van der Waals surface area contributed by atoms with Crippen LogP contribution in [0.3, 0.4) is 0 Å². The van der Waals surface area contributed by atoms with Gasteiger partial charge in [-0.3, -0.25) is 14.3 Å². The molecule has 4 aromatic rings. The fraction of sp³-hybridized carbons (Fsp3) is 0.241. The number of nitrogens with one attached hydrogen (secondary N) is 1. The zero-order valence-corrected chi connectivity index (χ0v) is 27.4. The van der Waals surface area contributed by atoms with Gasteiger partial charge < -0.3 is 14.9 Å². The number of hydrogen-bond acceptors (Lipinski definition) is 5. The van der Waals surface area contributed by atoms with Crippen molar-refractivity contribution in [1.82, 2.24) is 9.55 Å². The maximum absolute atomic E-state index is 12.7. The fourth-order valence-corrected chi connectivity index (χ4v) is 4.66. The van der Waals surface area contributed by atoms with Crippen molar-refractivity contribution in [1.29, 1.82) is 0 Å². The summed E-state index contributed by atoms with van der Waals surface area (Å²) >= 11 is 9.59. The quantitative estimate of drug-likeness (QED) is 0.209. The Morgan fingerprint density at radius 1 is 0.881 bits per heavy atom. The highest BCUT2D eigenvalue weighted by Crippen LogP contribution is 2.18. The summed E-state index contributed by atoms with van der Waals surface area (Å²) in [5, 5.41) is 17.7. The van der Waals surface area contributed by atoms with Crippen molar-refractivity contribution in [3.8, 4) is 0 Å². The second kappa shape index (κ2) is 17.1. The van der Waals surface area contributed by atoms with E-state index < -0.39 is 23.4 Å². The maximum Gasteiger partial charge on any atom is 0.338 e. The van der Waals surface area contributed by atoms with Gasteiger partial charge in [0.25, 0.3) is 5.56 Å². The minimum absolute atomic E-state index is 0.312. The van der Waals surface area contributed by atoms with Crippen molar-refractivity contribution in [2.45, 2.75) is 26.2 Å². The van der Waals surface area contributed by atoms with Gasteiger partial charge in [0.2, 0.25) is 0 Å². The summed E-state index contributed by atoms with van der Waals surface area (Å²) in [7, 11) is 1.62. The van der Waals surface area contributed by atoms with E-state index in [-0.39, 0.29) is 11.1 Å². The number of ether oxygens (including phenoxy) is 1. The highest BCUT2D eigenvalue weighted by atomic mass is 79.9. The van der Waals surface area contributed by atoms with E-state index in [1.165, 1.54) is 29.5 Å². The molecule has 1 aliphatic heterocycles. The largest absolute Gasteiger partial charge is 0.478 e. The third kappa shape index (κ3) is 10.6. The van der Waals surface area contributed by atoms with Crippen molar-refractivity contribution in [2.24, 2.45) is 7.05 Å². The minimum atomic E-state index is -1.25. The highest BCUT2D eigenvalue weighted by molar-refractivity contribution is 9.11. The molecule has 13 heteroatoms. The molecule has 0 saturated carbocycles. The van der Waals surface area contributed by atoms with Crippen molar-refractivity contribution >= 4 is 70.6 Å². The van der Waals surface area contributed by atoms with Crippen molar-refractivity contribution < 1.29 is 28.9 Å². The first-order valence-electron chi connectivity index (χ1n) is 12.5. The average Bonchev–Trinajstić information content (AvgIpc) is 3.52. The SMILES string of the molecule is C1CCOC1.CCc1cc(Br)ccc1C(=O)O.Cn1c(=O)[nH]c(=O)c2ccc(Br)cc21.O=C(O)c1ccc(Br)cc1F. The standard InChI is InChI=1S/C9H7BrN2O2.C9H9BrO2.C7H4BrFO2.C4H8O/c1-12-7-4-5(10)2-3-6(7)8(13)11-9(12)14;1-2-6-5-7(10)3-4-8(6)9(11)12;8-4-1-2-5(7(10)11)6(9)3-4;1-2-4-5-3-1/h2-4H,1H3,(H,11,13,14);3-5H,2H2,1H3,(H,11,12);1-3H,(H,10,11);1-4H2. The molecule has 1 saturated heterocycles. The second-order valence-corrected chi connectivity index (χ2v) is 11.4. The molecule has 1 aromatic heterocycles. The molecule has 0 unspecified atom stereocenters. The first-order chi connectivity index (χ1) is 19.8. The maximum atomic E-state index is 12.7. The summed E-state index contributed by atoms with van der Waals surface area (Å²) in [6.45, 7) is 3.94. The number of carboxylic acids is 2. The van der Waals surface area contributed by atoms with E-state index in [1.54, 1.807) is 37.4 Å². The first-order valence-corrected chi connectivity index (χ1v) is 14.9. The normalized spacial score (nSPS) is 11.8. The average molecular weight is 775 g/mol. The zero-order valence-electron chi connectivity index (χ0n) is 22.6. The number of rotatable bonds is 3. The smallest absolute Gasteiger partial charge is 0.338 e. The molecule has 42 heavy (non-hydrogen) atoms. The Morgan fingerprint density at radius 3 is 1.90 bits per heavy atom. The van der Waals surface area contributed by atoms with E-state index >= 15 is 0 Å². The van der Waals surface area contributed by atoms with Crippen LogP contribution in [0.25, 0.3) is 10.9 Å². The molecule has 3 N–H and O–H groups in total. The van der Waals surface area contributed by atoms with Crippen LogP contribution < -0.4 is 11.2 Å². The lowest BCUT2D eigenvalue weighted by Gasteiger charge is -2.02. The van der Waals surface area contributed by atoms with Crippen molar-refractivity contribution in [3.05, 3.63) is 111 Å². The molecule has 0 aliphatic carbocycles. The number of hydrogen-bond donors (Lipinski definition) is 3. The van der Waals surface area contributed by atoms with Gasteiger partial charge in [0.05, 0.1) is 22.0 Å². The Hall–Kier alpha value is -3.13. The number of halogens is 4. The third-order valence-electron chi connectivity index (χ3n) is 5.76. The molecule has 9 nitrogen and oxygen atoms in total. The molecule has 0 spiro atoms. The lowest BCUT2D eigenvalue weighted by Crippen LogP contribution is -2.28. The lowest BCUT2D eigenvalue weighted by atomic mass is 10.1. The predicted octanol–water partition coefficient (Wildman–Crippen LogP) is 6.78. The number of nitrogens with zero attached hydrogens (tertiary/aromatic N) is 1. The molecule has 3 aromatic carbocycles. The van der Waals surface area contributed by atoms with E-state index in [0.717, 1.165) is 40.2 Å². The molecule has 2 heterocycles. The van der Waals surface area contributed by atoms with Crippen LogP contribution in [-0.4, -0.2) is 44.9 Å². The number of aromatic amines is 1. The molecule has 5 rings (SSSR count). The highest BCUT2D eigenvalue weighted by Gasteiger charge is 2.09. The molecular formula is C29H28Br3FN2O7. The second-order valence-electron chi connectivity index (χ2n) is 8.69. The van der Waals surface area contributed by atoms with Crippen LogP contribution in [0, 0.1) is 5.82 Å². The van der Waals surface area contributed by atoms with Gasteiger partial charge in [0, 0.05) is 33.7 Å². The summed E-state index contributed by atoms with van der Waals surface area (Å²) in [5.41, 5.74) is 0.801. The van der Waals surface area contributed by atoms with Crippen LogP contribution in [0.1, 0.15) is 46.0 Å². The monoisotopic (exact) mass is 772 g/mol. The lowest BCUT2D eigenvalue weighted by molar-refractivity contribution is 0.0682. The zero-order chi connectivity index (χ0) is 31.4. The van der Waals surface area contributed by atoms with E-state index in [4.69, 9.17) is 14.9 Å². The number of aromatic carboxylic acids is 2. The molecule has 224 valence electrons. The summed E-state index contributed by atoms with van der Waals surface area (Å²) in [6, 6.07) is 14.2. The van der Waals surface area contributed by atoms with Crippen molar-refractivity contribution in [3.63, 3.8) is 0 Å². The number of H-pyrrole nitrogens is 1. The van der Waals surface area contributed by atoms with Gasteiger partial charge in [-0.15, -0.1) is 0 Å². The van der Waals surface area contributed by atoms with E-state index in [1.807, 2.05) is 13.0 Å². The number of carboxylic acid groups (broad SMARTS) is 2. The molecule has 0 atom stereocenters. The van der Waals surface area contributed by atoms with Crippen molar-refractivity contribution in [2.75, 3.05) is 13.2 Å². The Morgan fingerprint density at radius 2 is 1.40 bits per heavy atom. The van der Waals surface area contributed by atoms with Gasteiger partial charge in [-0.05, 0) is 79.4 Å².